The Bertz CT molecular complexity index is 437. The molecule has 1 rings (SSSR count). The highest BCUT2D eigenvalue weighted by Crippen LogP contribution is 2.33. The Kier molecular flexibility index (Phi) is 8.15. The predicted molar refractivity (Wildman–Crippen MR) is 85.3 cm³/mol. The van der Waals surface area contributed by atoms with Crippen LogP contribution in [-0.2, 0) is 0 Å². The molecule has 0 aliphatic rings. The van der Waals surface area contributed by atoms with E-state index in [-0.39, 0.29) is 11.1 Å². The molecule has 3 nitrogen and oxygen atoms in total. The third-order valence-electron chi connectivity index (χ3n) is 2.54. The first-order valence-electron chi connectivity index (χ1n) is 6.31. The Morgan fingerprint density at radius 2 is 2.00 bits per heavy atom. The number of unbranched alkanes of at least 4 members (excludes halogenated alkanes) is 1. The van der Waals surface area contributed by atoms with Gasteiger partial charge in [-0.2, -0.15) is 0 Å². The summed E-state index contributed by atoms with van der Waals surface area (Å²) in [6.45, 7) is 3.47. The van der Waals surface area contributed by atoms with Gasteiger partial charge in [-0.25, -0.2) is 0 Å². The zero-order valence-electron chi connectivity index (χ0n) is 11.3. The Morgan fingerprint density at radius 1 is 1.25 bits per heavy atom. The summed E-state index contributed by atoms with van der Waals surface area (Å²) in [5.41, 5.74) is 6.35. The van der Waals surface area contributed by atoms with E-state index in [1.165, 1.54) is 0 Å². The second-order valence-electron chi connectivity index (χ2n) is 4.20. The maximum absolute atomic E-state index is 6.19. The summed E-state index contributed by atoms with van der Waals surface area (Å²) in [7, 11) is 0. The molecule has 0 unspecified atom stereocenters. The van der Waals surface area contributed by atoms with Crippen LogP contribution >= 0.6 is 34.8 Å². The van der Waals surface area contributed by atoms with E-state index >= 15 is 0 Å². The summed E-state index contributed by atoms with van der Waals surface area (Å²) in [5.74, 6) is 1.33. The molecule has 1 aromatic carbocycles. The number of halogens is 3. The average Bonchev–Trinajstić information content (AvgIpc) is 2.36. The van der Waals surface area contributed by atoms with Crippen molar-refractivity contribution in [3.05, 3.63) is 33.3 Å². The fourth-order valence-electron chi connectivity index (χ4n) is 1.59. The summed E-state index contributed by atoms with van der Waals surface area (Å²) in [5, 5.41) is 0.522. The normalized spacial score (nSPS) is 10.2. The summed E-state index contributed by atoms with van der Waals surface area (Å²) in [6.07, 6.45) is 3.40. The highest BCUT2D eigenvalue weighted by atomic mass is 35.5. The van der Waals surface area contributed by atoms with Gasteiger partial charge in [0, 0.05) is 6.07 Å². The Labute approximate surface area is 134 Å². The van der Waals surface area contributed by atoms with E-state index in [0.717, 1.165) is 18.4 Å². The minimum Gasteiger partial charge on any atom is -0.492 e. The van der Waals surface area contributed by atoms with E-state index < -0.39 is 0 Å². The van der Waals surface area contributed by atoms with Gasteiger partial charge in [-0.3, -0.25) is 0 Å². The van der Waals surface area contributed by atoms with Gasteiger partial charge >= 0.3 is 0 Å². The molecule has 0 aliphatic carbocycles. The lowest BCUT2D eigenvalue weighted by Gasteiger charge is -2.13. The van der Waals surface area contributed by atoms with E-state index in [2.05, 4.69) is 0 Å². The number of nitrogens with two attached hydrogens (primary N) is 1. The molecule has 0 radical (unpaired) electrons. The molecule has 0 aromatic heterocycles. The highest BCUT2D eigenvalue weighted by Gasteiger charge is 2.08. The van der Waals surface area contributed by atoms with E-state index in [1.54, 1.807) is 12.1 Å². The molecule has 0 heterocycles. The van der Waals surface area contributed by atoms with Gasteiger partial charge in [-0.15, -0.1) is 0 Å². The van der Waals surface area contributed by atoms with Gasteiger partial charge in [0.25, 0.3) is 0 Å². The molecule has 0 atom stereocenters. The number of rotatable bonds is 8. The van der Waals surface area contributed by atoms with Crippen LogP contribution in [0.2, 0.25) is 5.02 Å². The van der Waals surface area contributed by atoms with Crippen LogP contribution in [0, 0.1) is 6.92 Å². The van der Waals surface area contributed by atoms with Crippen LogP contribution in [0.25, 0.3) is 0 Å². The van der Waals surface area contributed by atoms with E-state index in [0.29, 0.717) is 29.7 Å². The second kappa shape index (κ2) is 9.35. The first-order chi connectivity index (χ1) is 9.54. The SMILES string of the molecule is Cc1cc(OCC=C(Cl)Cl)cc(Cl)c1OCCCCN. The topological polar surface area (TPSA) is 44.5 Å². The monoisotopic (exact) mass is 337 g/mol. The van der Waals surface area contributed by atoms with Crippen molar-refractivity contribution in [2.45, 2.75) is 19.8 Å². The molecule has 6 heteroatoms. The molecule has 0 saturated heterocycles. The third kappa shape index (κ3) is 6.23. The van der Waals surface area contributed by atoms with Gasteiger partial charge in [-0.05, 0) is 44.0 Å². The van der Waals surface area contributed by atoms with Crippen molar-refractivity contribution in [2.75, 3.05) is 19.8 Å². The van der Waals surface area contributed by atoms with Crippen LogP contribution in [0.15, 0.2) is 22.7 Å². The number of ether oxygens (including phenoxy) is 2. The Morgan fingerprint density at radius 3 is 2.60 bits per heavy atom. The predicted octanol–water partition coefficient (Wildman–Crippen LogP) is 4.46. The fourth-order valence-corrected chi connectivity index (χ4v) is 2.02. The van der Waals surface area contributed by atoms with Gasteiger partial charge in [0.05, 0.1) is 11.6 Å². The van der Waals surface area contributed by atoms with Crippen molar-refractivity contribution in [1.82, 2.24) is 0 Å². The van der Waals surface area contributed by atoms with Gasteiger partial charge in [0.1, 0.15) is 22.6 Å². The number of hydrogen-bond donors (Lipinski definition) is 1. The van der Waals surface area contributed by atoms with E-state index in [9.17, 15) is 0 Å². The maximum atomic E-state index is 6.19. The quantitative estimate of drug-likeness (QED) is 0.712. The van der Waals surface area contributed by atoms with Crippen molar-refractivity contribution < 1.29 is 9.47 Å². The first kappa shape index (κ1) is 17.4. The first-order valence-corrected chi connectivity index (χ1v) is 7.45. The summed E-state index contributed by atoms with van der Waals surface area (Å²) in [4.78, 5) is 0. The molecular formula is C14H18Cl3NO2. The lowest BCUT2D eigenvalue weighted by molar-refractivity contribution is 0.304. The molecule has 2 N–H and O–H groups in total. The number of aryl methyl sites for hydroxylation is 1. The van der Waals surface area contributed by atoms with Gasteiger partial charge < -0.3 is 15.2 Å². The lowest BCUT2D eigenvalue weighted by Crippen LogP contribution is -2.04. The number of benzene rings is 1. The van der Waals surface area contributed by atoms with Gasteiger partial charge in [0.2, 0.25) is 0 Å². The minimum atomic E-state index is 0.174. The van der Waals surface area contributed by atoms with Crippen molar-refractivity contribution in [1.29, 1.82) is 0 Å². The second-order valence-corrected chi connectivity index (χ2v) is 5.62. The minimum absolute atomic E-state index is 0.174. The van der Waals surface area contributed by atoms with E-state index in [1.807, 2.05) is 13.0 Å². The lowest BCUT2D eigenvalue weighted by atomic mass is 10.2. The largest absolute Gasteiger partial charge is 0.492 e. The van der Waals surface area contributed by atoms with Crippen LogP contribution in [0.1, 0.15) is 18.4 Å². The Balaban J connectivity index is 2.63. The standard InChI is InChI=1S/C14H18Cl3NO2/c1-10-8-11(19-7-4-13(16)17)9-12(15)14(10)20-6-3-2-5-18/h4,8-9H,2-3,5-7,18H2,1H3. The summed E-state index contributed by atoms with van der Waals surface area (Å²) >= 11 is 17.2. The molecule has 20 heavy (non-hydrogen) atoms. The van der Waals surface area contributed by atoms with Crippen LogP contribution in [0.5, 0.6) is 11.5 Å². The third-order valence-corrected chi connectivity index (χ3v) is 3.12. The molecule has 112 valence electrons. The highest BCUT2D eigenvalue weighted by molar-refractivity contribution is 6.55. The molecule has 0 aliphatic heterocycles. The fraction of sp³-hybridized carbons (Fsp3) is 0.429. The van der Waals surface area contributed by atoms with Gasteiger partial charge in [0.15, 0.2) is 0 Å². The van der Waals surface area contributed by atoms with Crippen molar-refractivity contribution in [3.63, 3.8) is 0 Å². The molecule has 0 saturated carbocycles. The van der Waals surface area contributed by atoms with Crippen molar-refractivity contribution in [2.24, 2.45) is 5.73 Å². The average molecular weight is 339 g/mol. The maximum Gasteiger partial charge on any atom is 0.141 e. The molecule has 0 amide bonds. The zero-order chi connectivity index (χ0) is 15.0. The molecular weight excluding hydrogens is 321 g/mol. The molecule has 0 fully saturated rings. The zero-order valence-corrected chi connectivity index (χ0v) is 13.6. The van der Waals surface area contributed by atoms with Crippen LogP contribution in [0.3, 0.4) is 0 Å². The summed E-state index contributed by atoms with van der Waals surface area (Å²) in [6, 6.07) is 3.57. The molecule has 0 bridgehead atoms. The molecule has 1 aromatic rings. The number of hydrogen-bond acceptors (Lipinski definition) is 3. The molecule has 0 spiro atoms. The smallest absolute Gasteiger partial charge is 0.141 e. The van der Waals surface area contributed by atoms with Crippen molar-refractivity contribution in [3.8, 4) is 11.5 Å². The van der Waals surface area contributed by atoms with Crippen LogP contribution in [0.4, 0.5) is 0 Å². The van der Waals surface area contributed by atoms with Gasteiger partial charge in [-0.1, -0.05) is 34.8 Å². The summed E-state index contributed by atoms with van der Waals surface area (Å²) < 4.78 is 11.3. The van der Waals surface area contributed by atoms with Crippen LogP contribution < -0.4 is 15.2 Å². The van der Waals surface area contributed by atoms with E-state index in [4.69, 9.17) is 50.0 Å². The Hall–Kier alpha value is -0.610. The van der Waals surface area contributed by atoms with Crippen LogP contribution in [-0.4, -0.2) is 19.8 Å². The van der Waals surface area contributed by atoms with Crippen molar-refractivity contribution >= 4 is 34.8 Å².